The molecule has 0 aliphatic carbocycles. The second-order valence-corrected chi connectivity index (χ2v) is 12.0. The van der Waals surface area contributed by atoms with E-state index >= 15 is 0 Å². The van der Waals surface area contributed by atoms with Crippen molar-refractivity contribution in [2.45, 2.75) is 185 Å². The topological polar surface area (TPSA) is 137 Å². The molecule has 8 nitrogen and oxygen atoms in total. The van der Waals surface area contributed by atoms with E-state index in [1.807, 2.05) is 6.92 Å². The van der Waals surface area contributed by atoms with Crippen LogP contribution in [0.5, 0.6) is 0 Å². The second-order valence-electron chi connectivity index (χ2n) is 12.0. The molecule has 1 heterocycles. The van der Waals surface area contributed by atoms with Crippen molar-refractivity contribution in [3.8, 4) is 0 Å². The zero-order valence-corrected chi connectivity index (χ0v) is 25.4. The Balaban J connectivity index is 1.80. The summed E-state index contributed by atoms with van der Waals surface area (Å²) >= 11 is 0. The highest BCUT2D eigenvalue weighted by Crippen LogP contribution is 2.22. The molecule has 0 saturated carbocycles. The molecule has 0 spiro atoms. The van der Waals surface area contributed by atoms with Crippen molar-refractivity contribution in [3.63, 3.8) is 0 Å². The number of carbonyl (C=O) groups excluding carboxylic acids is 1. The zero-order chi connectivity index (χ0) is 29.4. The lowest BCUT2D eigenvalue weighted by Crippen LogP contribution is -2.59. The molecule has 0 amide bonds. The van der Waals surface area contributed by atoms with Gasteiger partial charge < -0.3 is 35.0 Å². The average molecular weight is 575 g/mol. The quantitative estimate of drug-likeness (QED) is 0.0830. The van der Waals surface area contributed by atoms with Gasteiger partial charge in [0.05, 0.1) is 19.3 Å². The molecule has 0 aromatic carbocycles. The van der Waals surface area contributed by atoms with Gasteiger partial charge in [0.2, 0.25) is 0 Å². The number of ether oxygens (including phenoxy) is 2. The molecule has 1 rings (SSSR count). The fraction of sp³-hybridized carbons (Fsp3) is 0.969. The molecule has 0 aromatic rings. The first-order chi connectivity index (χ1) is 19.4. The molecule has 40 heavy (non-hydrogen) atoms. The lowest BCUT2D eigenvalue weighted by Gasteiger charge is -2.39. The van der Waals surface area contributed by atoms with E-state index in [0.29, 0.717) is 6.42 Å². The van der Waals surface area contributed by atoms with Gasteiger partial charge in [0, 0.05) is 12.8 Å². The molecule has 238 valence electrons. The van der Waals surface area contributed by atoms with E-state index in [2.05, 4.69) is 0 Å². The molecule has 1 fully saturated rings. The van der Waals surface area contributed by atoms with Crippen LogP contribution in [-0.2, 0) is 14.3 Å². The number of hydrogen-bond acceptors (Lipinski definition) is 8. The van der Waals surface area contributed by atoms with Crippen molar-refractivity contribution >= 4 is 5.78 Å². The molecule has 0 bridgehead atoms. The van der Waals surface area contributed by atoms with Crippen LogP contribution >= 0.6 is 0 Å². The van der Waals surface area contributed by atoms with Crippen LogP contribution in [0.1, 0.15) is 148 Å². The summed E-state index contributed by atoms with van der Waals surface area (Å²) in [5, 5.41) is 48.0. The van der Waals surface area contributed by atoms with Crippen molar-refractivity contribution in [3.05, 3.63) is 0 Å². The van der Waals surface area contributed by atoms with Crippen molar-refractivity contribution in [1.29, 1.82) is 0 Å². The van der Waals surface area contributed by atoms with Crippen molar-refractivity contribution in [1.82, 2.24) is 0 Å². The van der Waals surface area contributed by atoms with Gasteiger partial charge >= 0.3 is 0 Å². The SMILES string of the molecule is C[C@@H](O)CCCCCCCCCCCCCCCCCCCCCC(=O)CCO[C@H]1O[C@H](CO)[C@@H](O)[C@H](O)[C@H]1O. The largest absolute Gasteiger partial charge is 0.394 e. The van der Waals surface area contributed by atoms with Gasteiger partial charge in [-0.25, -0.2) is 0 Å². The Labute approximate surface area is 243 Å². The lowest BCUT2D eigenvalue weighted by atomic mass is 9.99. The van der Waals surface area contributed by atoms with Crippen molar-refractivity contribution in [2.75, 3.05) is 13.2 Å². The maximum atomic E-state index is 12.1. The van der Waals surface area contributed by atoms with E-state index in [0.717, 1.165) is 25.7 Å². The summed E-state index contributed by atoms with van der Waals surface area (Å²) in [6.07, 6.45) is 19.4. The molecule has 6 atom stereocenters. The highest BCUT2D eigenvalue weighted by atomic mass is 16.7. The first-order valence-electron chi connectivity index (χ1n) is 16.5. The molecule has 8 heteroatoms. The van der Waals surface area contributed by atoms with Crippen LogP contribution in [0.4, 0.5) is 0 Å². The summed E-state index contributed by atoms with van der Waals surface area (Å²) in [6, 6.07) is 0. The highest BCUT2D eigenvalue weighted by molar-refractivity contribution is 5.78. The molecule has 5 N–H and O–H groups in total. The third kappa shape index (κ3) is 18.7. The van der Waals surface area contributed by atoms with Gasteiger partial charge in [-0.2, -0.15) is 0 Å². The minimum Gasteiger partial charge on any atom is -0.394 e. The fourth-order valence-electron chi connectivity index (χ4n) is 5.39. The molecular weight excluding hydrogens is 512 g/mol. The normalized spacial score (nSPS) is 23.9. The van der Waals surface area contributed by atoms with Crippen LogP contribution in [0, 0.1) is 0 Å². The zero-order valence-electron chi connectivity index (χ0n) is 25.4. The third-order valence-corrected chi connectivity index (χ3v) is 8.09. The van der Waals surface area contributed by atoms with Crippen molar-refractivity contribution < 1.29 is 39.8 Å². The van der Waals surface area contributed by atoms with Gasteiger partial charge in [0.1, 0.15) is 30.2 Å². The van der Waals surface area contributed by atoms with Gasteiger partial charge in [-0.3, -0.25) is 4.79 Å². The molecule has 0 aromatic heterocycles. The number of ketones is 1. The second kappa shape index (κ2) is 24.9. The van der Waals surface area contributed by atoms with Gasteiger partial charge in [0.25, 0.3) is 0 Å². The number of hydrogen-bond donors (Lipinski definition) is 5. The molecule has 1 aliphatic rings. The summed E-state index contributed by atoms with van der Waals surface area (Å²) in [6.45, 7) is 1.44. The molecular formula is C32H62O8. The first-order valence-corrected chi connectivity index (χ1v) is 16.5. The number of carbonyl (C=O) groups is 1. The Morgan fingerprint density at radius 3 is 1.50 bits per heavy atom. The van der Waals surface area contributed by atoms with Crippen molar-refractivity contribution in [2.24, 2.45) is 0 Å². The Morgan fingerprint density at radius 2 is 1.07 bits per heavy atom. The number of aliphatic hydroxyl groups is 5. The van der Waals surface area contributed by atoms with Gasteiger partial charge in [-0.15, -0.1) is 0 Å². The van der Waals surface area contributed by atoms with Gasteiger partial charge in [0.15, 0.2) is 6.29 Å². The Bertz CT molecular complexity index is 585. The average Bonchev–Trinajstić information content (AvgIpc) is 2.93. The predicted molar refractivity (Wildman–Crippen MR) is 158 cm³/mol. The molecule has 0 unspecified atom stereocenters. The summed E-state index contributed by atoms with van der Waals surface area (Å²) in [7, 11) is 0. The summed E-state index contributed by atoms with van der Waals surface area (Å²) < 4.78 is 10.7. The van der Waals surface area contributed by atoms with E-state index in [-0.39, 0.29) is 24.9 Å². The summed E-state index contributed by atoms with van der Waals surface area (Å²) in [5.41, 5.74) is 0. The number of Topliss-reactive ketones (excluding diaryl/α,β-unsaturated/α-hetero) is 1. The fourth-order valence-corrected chi connectivity index (χ4v) is 5.39. The maximum absolute atomic E-state index is 12.1. The number of unbranched alkanes of at least 4 members (excludes halogenated alkanes) is 18. The Hall–Kier alpha value is -0.610. The standard InChI is InChI=1S/C32H62O8/c1-26(34)21-19-17-15-13-11-9-7-5-3-2-4-6-8-10-12-14-16-18-20-22-27(35)23-24-39-32-31(38)30(37)29(36)28(25-33)40-32/h26,28-34,36-38H,2-25H2,1H3/t26-,28-,29-,30+,31-,32+/m1/s1. The molecule has 1 aliphatic heterocycles. The molecule has 1 saturated heterocycles. The van der Waals surface area contributed by atoms with Gasteiger partial charge in [-0.05, 0) is 19.8 Å². The van der Waals surface area contributed by atoms with Crippen LogP contribution < -0.4 is 0 Å². The van der Waals surface area contributed by atoms with Gasteiger partial charge in [-0.1, -0.05) is 116 Å². The first kappa shape index (κ1) is 37.4. The summed E-state index contributed by atoms with van der Waals surface area (Å²) in [4.78, 5) is 12.1. The van der Waals surface area contributed by atoms with Crippen LogP contribution in [0.2, 0.25) is 0 Å². The van der Waals surface area contributed by atoms with Crippen LogP contribution in [0.3, 0.4) is 0 Å². The van der Waals surface area contributed by atoms with Crippen LogP contribution in [0.25, 0.3) is 0 Å². The van der Waals surface area contributed by atoms with E-state index in [4.69, 9.17) is 9.47 Å². The van der Waals surface area contributed by atoms with Crippen LogP contribution in [-0.4, -0.2) is 81.3 Å². The van der Waals surface area contributed by atoms with Crippen LogP contribution in [0.15, 0.2) is 0 Å². The third-order valence-electron chi connectivity index (χ3n) is 8.09. The van der Waals surface area contributed by atoms with E-state index in [1.165, 1.54) is 103 Å². The maximum Gasteiger partial charge on any atom is 0.186 e. The number of aliphatic hydroxyl groups excluding tert-OH is 5. The molecule has 0 radical (unpaired) electrons. The highest BCUT2D eigenvalue weighted by Gasteiger charge is 2.43. The lowest BCUT2D eigenvalue weighted by molar-refractivity contribution is -0.300. The predicted octanol–water partition coefficient (Wildman–Crippen LogP) is 5.34. The Morgan fingerprint density at radius 1 is 0.650 bits per heavy atom. The summed E-state index contributed by atoms with van der Waals surface area (Å²) in [5.74, 6) is 0.101. The smallest absolute Gasteiger partial charge is 0.186 e. The van der Waals surface area contributed by atoms with E-state index in [9.17, 15) is 30.3 Å². The minimum absolute atomic E-state index is 0.0638. The van der Waals surface area contributed by atoms with E-state index < -0.39 is 37.3 Å². The minimum atomic E-state index is -1.47. The number of rotatable bonds is 27. The monoisotopic (exact) mass is 574 g/mol. The Kier molecular flexibility index (Phi) is 23.3. The van der Waals surface area contributed by atoms with E-state index in [1.54, 1.807) is 0 Å².